The monoisotopic (exact) mass is 251 g/mol. The summed E-state index contributed by atoms with van der Waals surface area (Å²) in [6.45, 7) is 5.13. The number of carbonyl (C=O) groups is 1. The van der Waals surface area contributed by atoms with Gasteiger partial charge in [-0.25, -0.2) is 0 Å². The summed E-state index contributed by atoms with van der Waals surface area (Å²) in [6.07, 6.45) is 12.0. The van der Waals surface area contributed by atoms with Crippen molar-refractivity contribution in [2.45, 2.75) is 71.6 Å². The molecular weight excluding hydrogens is 222 g/mol. The quantitative estimate of drug-likeness (QED) is 0.775. The molecule has 0 aliphatic heterocycles. The highest BCUT2D eigenvalue weighted by molar-refractivity contribution is 5.95. The Bertz CT molecular complexity index is 291. The van der Waals surface area contributed by atoms with Gasteiger partial charge in [0.15, 0.2) is 5.78 Å². The van der Waals surface area contributed by atoms with Gasteiger partial charge in [0.05, 0.1) is 0 Å². The van der Waals surface area contributed by atoms with E-state index >= 15 is 0 Å². The molecule has 104 valence electrons. The van der Waals surface area contributed by atoms with Gasteiger partial charge in [-0.2, -0.15) is 0 Å². The van der Waals surface area contributed by atoms with Gasteiger partial charge < -0.3 is 5.73 Å². The van der Waals surface area contributed by atoms with E-state index in [1.807, 2.05) is 0 Å². The van der Waals surface area contributed by atoms with Gasteiger partial charge >= 0.3 is 0 Å². The maximum Gasteiger partial charge on any atom is 0.158 e. The first kappa shape index (κ1) is 15.4. The Morgan fingerprint density at radius 2 is 1.94 bits per heavy atom. The Balaban J connectivity index is 2.43. The number of rotatable bonds is 6. The molecule has 0 fully saturated rings. The Hall–Kier alpha value is -0.630. The Kier molecular flexibility index (Phi) is 6.62. The summed E-state index contributed by atoms with van der Waals surface area (Å²) >= 11 is 0. The van der Waals surface area contributed by atoms with Gasteiger partial charge in [0, 0.05) is 6.42 Å². The van der Waals surface area contributed by atoms with Crippen LogP contribution in [0.1, 0.15) is 71.6 Å². The van der Waals surface area contributed by atoms with Crippen molar-refractivity contribution >= 4 is 5.78 Å². The number of allylic oxidation sites excluding steroid dienone is 2. The number of Topliss-reactive ketones (excluding diaryl/α,β-unsaturated/α-hetero) is 1. The second-order valence-corrected chi connectivity index (χ2v) is 6.31. The van der Waals surface area contributed by atoms with Crippen molar-refractivity contribution in [1.29, 1.82) is 0 Å². The molecule has 2 heteroatoms. The van der Waals surface area contributed by atoms with Gasteiger partial charge in [-0.15, -0.1) is 0 Å². The smallest absolute Gasteiger partial charge is 0.158 e. The Morgan fingerprint density at radius 1 is 1.22 bits per heavy atom. The summed E-state index contributed by atoms with van der Waals surface area (Å²) in [7, 11) is 0. The fourth-order valence-electron chi connectivity index (χ4n) is 2.57. The lowest BCUT2D eigenvalue weighted by atomic mass is 9.82. The van der Waals surface area contributed by atoms with Crippen LogP contribution in [-0.2, 0) is 4.79 Å². The maximum atomic E-state index is 12.2. The first-order chi connectivity index (χ1) is 8.55. The second-order valence-electron chi connectivity index (χ2n) is 6.31. The second kappa shape index (κ2) is 7.73. The molecule has 0 radical (unpaired) electrons. The van der Waals surface area contributed by atoms with E-state index in [2.05, 4.69) is 19.9 Å². The number of ketones is 1. The molecular formula is C16H29NO. The highest BCUT2D eigenvalue weighted by Gasteiger charge is 2.19. The molecule has 18 heavy (non-hydrogen) atoms. The van der Waals surface area contributed by atoms with Crippen LogP contribution in [0.2, 0.25) is 0 Å². The van der Waals surface area contributed by atoms with Crippen molar-refractivity contribution in [2.75, 3.05) is 6.54 Å². The van der Waals surface area contributed by atoms with Crippen LogP contribution in [0.5, 0.6) is 0 Å². The molecule has 0 atom stereocenters. The van der Waals surface area contributed by atoms with E-state index in [0.717, 1.165) is 31.3 Å². The van der Waals surface area contributed by atoms with Crippen LogP contribution < -0.4 is 5.73 Å². The van der Waals surface area contributed by atoms with Crippen LogP contribution in [0.4, 0.5) is 0 Å². The van der Waals surface area contributed by atoms with Gasteiger partial charge in [-0.3, -0.25) is 4.79 Å². The van der Waals surface area contributed by atoms with Crippen LogP contribution >= 0.6 is 0 Å². The maximum absolute atomic E-state index is 12.2. The Morgan fingerprint density at radius 3 is 2.67 bits per heavy atom. The summed E-state index contributed by atoms with van der Waals surface area (Å²) < 4.78 is 0. The zero-order valence-corrected chi connectivity index (χ0v) is 12.1. The van der Waals surface area contributed by atoms with E-state index in [0.29, 0.717) is 18.7 Å². The normalized spacial score (nSPS) is 17.8. The molecule has 0 unspecified atom stereocenters. The van der Waals surface area contributed by atoms with E-state index < -0.39 is 0 Å². The number of carbonyl (C=O) groups excluding carboxylic acids is 1. The lowest BCUT2D eigenvalue weighted by Gasteiger charge is -2.23. The fraction of sp³-hybridized carbons (Fsp3) is 0.812. The lowest BCUT2D eigenvalue weighted by molar-refractivity contribution is -0.116. The first-order valence-electron chi connectivity index (χ1n) is 7.47. The van der Waals surface area contributed by atoms with Crippen molar-refractivity contribution in [3.8, 4) is 0 Å². The summed E-state index contributed by atoms with van der Waals surface area (Å²) in [5.41, 5.74) is 6.90. The zero-order valence-electron chi connectivity index (χ0n) is 12.1. The summed E-state index contributed by atoms with van der Waals surface area (Å²) in [5.74, 6) is 0.377. The van der Waals surface area contributed by atoms with Crippen LogP contribution in [-0.4, -0.2) is 12.3 Å². The minimum atomic E-state index is 0.201. The van der Waals surface area contributed by atoms with E-state index in [9.17, 15) is 4.79 Å². The number of hydrogen-bond donors (Lipinski definition) is 1. The van der Waals surface area contributed by atoms with Crippen molar-refractivity contribution in [3.05, 3.63) is 11.6 Å². The van der Waals surface area contributed by atoms with Crippen LogP contribution in [0.15, 0.2) is 11.6 Å². The summed E-state index contributed by atoms with van der Waals surface area (Å²) in [5, 5.41) is 0. The average Bonchev–Trinajstić information content (AvgIpc) is 2.25. The zero-order chi connectivity index (χ0) is 13.4. The third-order valence-corrected chi connectivity index (χ3v) is 4.00. The van der Waals surface area contributed by atoms with Crippen molar-refractivity contribution in [1.82, 2.24) is 0 Å². The van der Waals surface area contributed by atoms with Crippen LogP contribution in [0.25, 0.3) is 0 Å². The van der Waals surface area contributed by atoms with Crippen LogP contribution in [0, 0.1) is 5.41 Å². The molecule has 0 saturated heterocycles. The predicted octanol–water partition coefficient (Wildman–Crippen LogP) is 3.99. The SMILES string of the molecule is CC(C)(CCN)CCC(=O)C1=CCCCCCC1. The largest absolute Gasteiger partial charge is 0.330 e. The molecule has 0 spiro atoms. The van der Waals surface area contributed by atoms with Gasteiger partial charge in [-0.1, -0.05) is 32.8 Å². The van der Waals surface area contributed by atoms with E-state index in [-0.39, 0.29) is 5.41 Å². The van der Waals surface area contributed by atoms with E-state index in [4.69, 9.17) is 5.73 Å². The van der Waals surface area contributed by atoms with Crippen molar-refractivity contribution in [3.63, 3.8) is 0 Å². The Labute approximate surface area is 112 Å². The molecule has 1 rings (SSSR count). The highest BCUT2D eigenvalue weighted by Crippen LogP contribution is 2.28. The highest BCUT2D eigenvalue weighted by atomic mass is 16.1. The molecule has 0 aromatic rings. The minimum Gasteiger partial charge on any atom is -0.330 e. The number of nitrogens with two attached hydrogens (primary N) is 1. The van der Waals surface area contributed by atoms with Gasteiger partial charge in [0.25, 0.3) is 0 Å². The first-order valence-corrected chi connectivity index (χ1v) is 7.47. The molecule has 1 aliphatic carbocycles. The molecule has 0 bridgehead atoms. The molecule has 0 aromatic heterocycles. The third kappa shape index (κ3) is 5.81. The summed E-state index contributed by atoms with van der Waals surface area (Å²) in [4.78, 5) is 12.2. The number of hydrogen-bond acceptors (Lipinski definition) is 2. The van der Waals surface area contributed by atoms with E-state index in [1.54, 1.807) is 0 Å². The van der Waals surface area contributed by atoms with Gasteiger partial charge in [0.1, 0.15) is 0 Å². The van der Waals surface area contributed by atoms with Crippen LogP contribution in [0.3, 0.4) is 0 Å². The standard InChI is InChI=1S/C16H29NO/c1-16(2,12-13-17)11-10-15(18)14-8-6-4-3-5-7-9-14/h8H,3-7,9-13,17H2,1-2H3. The molecule has 2 N–H and O–H groups in total. The lowest BCUT2D eigenvalue weighted by Crippen LogP contribution is -2.19. The van der Waals surface area contributed by atoms with E-state index in [1.165, 1.54) is 25.7 Å². The molecule has 0 aromatic carbocycles. The molecule has 0 amide bonds. The third-order valence-electron chi connectivity index (χ3n) is 4.00. The van der Waals surface area contributed by atoms with Crippen molar-refractivity contribution in [2.24, 2.45) is 11.1 Å². The molecule has 0 heterocycles. The average molecular weight is 251 g/mol. The molecule has 0 saturated carbocycles. The van der Waals surface area contributed by atoms with Gasteiger partial charge in [-0.05, 0) is 56.1 Å². The molecule has 2 nitrogen and oxygen atoms in total. The molecule has 1 aliphatic rings. The fourth-order valence-corrected chi connectivity index (χ4v) is 2.57. The predicted molar refractivity (Wildman–Crippen MR) is 77.5 cm³/mol. The van der Waals surface area contributed by atoms with Crippen molar-refractivity contribution < 1.29 is 4.79 Å². The topological polar surface area (TPSA) is 43.1 Å². The summed E-state index contributed by atoms with van der Waals surface area (Å²) in [6, 6.07) is 0. The minimum absolute atomic E-state index is 0.201. The van der Waals surface area contributed by atoms with Gasteiger partial charge in [0.2, 0.25) is 0 Å².